The van der Waals surface area contributed by atoms with Gasteiger partial charge in [0.05, 0.1) is 0 Å². The van der Waals surface area contributed by atoms with Gasteiger partial charge in [-0.05, 0) is 55.3 Å². The molecule has 5 rings (SSSR count). The fourth-order valence-electron chi connectivity index (χ4n) is 5.18. The van der Waals surface area contributed by atoms with Gasteiger partial charge in [0.2, 0.25) is 5.91 Å². The second kappa shape index (κ2) is 1.67. The molecule has 4 unspecified atom stereocenters. The summed E-state index contributed by atoms with van der Waals surface area (Å²) in [4.78, 5) is 11.5. The van der Waals surface area contributed by atoms with Crippen molar-refractivity contribution in [3.63, 3.8) is 0 Å². The third-order valence-corrected chi connectivity index (χ3v) is 5.44. The van der Waals surface area contributed by atoms with Crippen LogP contribution in [0.5, 0.6) is 0 Å². The Kier molecular flexibility index (Phi) is 0.879. The Morgan fingerprint density at radius 2 is 1.77 bits per heavy atom. The number of nitrogens with two attached hydrogens (primary N) is 1. The fourth-order valence-corrected chi connectivity index (χ4v) is 5.18. The molecule has 5 saturated carbocycles. The molecule has 0 aromatic heterocycles. The smallest absolute Gasteiger partial charge is 0.223 e. The molecule has 0 aliphatic heterocycles. The summed E-state index contributed by atoms with van der Waals surface area (Å²) in [5.41, 5.74) is 5.52. The lowest BCUT2D eigenvalue weighted by Gasteiger charge is -2.46. The zero-order chi connectivity index (χ0) is 8.79. The minimum Gasteiger partial charge on any atom is -0.369 e. The Morgan fingerprint density at radius 3 is 2.23 bits per heavy atom. The van der Waals surface area contributed by atoms with E-state index in [1.54, 1.807) is 0 Å². The Labute approximate surface area is 77.9 Å². The van der Waals surface area contributed by atoms with Crippen LogP contribution < -0.4 is 5.73 Å². The molecule has 5 aliphatic rings. The molecule has 4 bridgehead atoms. The topological polar surface area (TPSA) is 43.1 Å². The molecule has 5 fully saturated rings. The van der Waals surface area contributed by atoms with Crippen LogP contribution in [-0.4, -0.2) is 5.91 Å². The van der Waals surface area contributed by atoms with E-state index in [-0.39, 0.29) is 11.3 Å². The first kappa shape index (κ1) is 6.86. The molecule has 2 heteroatoms. The number of hydrogen-bond donors (Lipinski definition) is 1. The summed E-state index contributed by atoms with van der Waals surface area (Å²) in [6, 6.07) is 0. The van der Waals surface area contributed by atoms with E-state index in [2.05, 4.69) is 0 Å². The monoisotopic (exact) mass is 177 g/mol. The van der Waals surface area contributed by atoms with Crippen LogP contribution in [0.2, 0.25) is 0 Å². The third-order valence-electron chi connectivity index (χ3n) is 5.44. The van der Waals surface area contributed by atoms with Crippen molar-refractivity contribution < 1.29 is 4.79 Å². The Bertz CT molecular complexity index is 293. The molecule has 70 valence electrons. The van der Waals surface area contributed by atoms with E-state index in [0.717, 1.165) is 48.9 Å². The number of amides is 1. The first-order valence-electron chi connectivity index (χ1n) is 5.51. The third kappa shape index (κ3) is 0.570. The normalized spacial score (nSPS) is 65.4. The van der Waals surface area contributed by atoms with Crippen LogP contribution in [0.15, 0.2) is 0 Å². The van der Waals surface area contributed by atoms with Crippen LogP contribution in [0.1, 0.15) is 25.7 Å². The maximum atomic E-state index is 11.5. The fraction of sp³-hybridized carbons (Fsp3) is 0.909. The molecular weight excluding hydrogens is 162 g/mol. The first-order valence-corrected chi connectivity index (χ1v) is 5.51. The van der Waals surface area contributed by atoms with Crippen molar-refractivity contribution in [3.8, 4) is 0 Å². The van der Waals surface area contributed by atoms with E-state index in [1.165, 1.54) is 6.42 Å². The van der Waals surface area contributed by atoms with Gasteiger partial charge in [-0.15, -0.1) is 0 Å². The van der Waals surface area contributed by atoms with Gasteiger partial charge in [0.15, 0.2) is 0 Å². The Morgan fingerprint density at radius 1 is 1.15 bits per heavy atom. The molecule has 0 saturated heterocycles. The van der Waals surface area contributed by atoms with Crippen molar-refractivity contribution in [3.05, 3.63) is 0 Å². The number of rotatable bonds is 1. The molecule has 0 aromatic rings. The molecule has 0 spiro atoms. The van der Waals surface area contributed by atoms with Gasteiger partial charge in [-0.3, -0.25) is 4.79 Å². The highest BCUT2D eigenvalue weighted by molar-refractivity contribution is 5.81. The minimum atomic E-state index is -0.0399. The van der Waals surface area contributed by atoms with Gasteiger partial charge in [-0.25, -0.2) is 0 Å². The molecule has 5 aliphatic carbocycles. The largest absolute Gasteiger partial charge is 0.369 e. The van der Waals surface area contributed by atoms with Gasteiger partial charge in [-0.2, -0.15) is 0 Å². The summed E-state index contributed by atoms with van der Waals surface area (Å²) in [7, 11) is 0. The predicted octanol–water partition coefficient (Wildman–Crippen LogP) is 1.15. The highest BCUT2D eigenvalue weighted by Crippen LogP contribution is 2.77. The average molecular weight is 177 g/mol. The number of carbonyl (C=O) groups excluding carboxylic acids is 1. The standard InChI is InChI=1S/C11H15NO/c12-10(13)11-2-5-1-6(3-11)9-7(4-11)8(5)9/h5-9H,1-4H2,(H2,12,13)/t5-,6+,7?,8?,9?,11?. The quantitative estimate of drug-likeness (QED) is 0.641. The summed E-state index contributed by atoms with van der Waals surface area (Å²) >= 11 is 0. The molecule has 1 amide bonds. The molecular formula is C11H15NO. The second-order valence-corrected chi connectivity index (χ2v) is 5.83. The highest BCUT2D eigenvalue weighted by atomic mass is 16.1. The SMILES string of the molecule is NC(=O)C12CC3C4C3[C@@H](C[C@@H]4C1)C2. The number of carbonyl (C=O) groups is 1. The van der Waals surface area contributed by atoms with Crippen LogP contribution >= 0.6 is 0 Å². The van der Waals surface area contributed by atoms with Gasteiger partial charge >= 0.3 is 0 Å². The van der Waals surface area contributed by atoms with Crippen LogP contribution in [0.3, 0.4) is 0 Å². The minimum absolute atomic E-state index is 0.00556. The Balaban J connectivity index is 1.81. The summed E-state index contributed by atoms with van der Waals surface area (Å²) in [5, 5.41) is 0. The molecule has 2 nitrogen and oxygen atoms in total. The van der Waals surface area contributed by atoms with Gasteiger partial charge < -0.3 is 5.73 Å². The van der Waals surface area contributed by atoms with Gasteiger partial charge in [0.1, 0.15) is 0 Å². The average Bonchev–Trinajstić information content (AvgIpc) is 2.71. The van der Waals surface area contributed by atoms with E-state index in [1.807, 2.05) is 0 Å². The molecule has 13 heavy (non-hydrogen) atoms. The van der Waals surface area contributed by atoms with E-state index in [9.17, 15) is 4.79 Å². The Hall–Kier alpha value is -0.530. The lowest BCUT2D eigenvalue weighted by atomic mass is 9.58. The maximum absolute atomic E-state index is 11.5. The lowest BCUT2D eigenvalue weighted by molar-refractivity contribution is -0.135. The van der Waals surface area contributed by atoms with Crippen LogP contribution in [0, 0.1) is 35.0 Å². The van der Waals surface area contributed by atoms with E-state index >= 15 is 0 Å². The van der Waals surface area contributed by atoms with E-state index in [0.29, 0.717) is 0 Å². The van der Waals surface area contributed by atoms with Crippen LogP contribution in [0.4, 0.5) is 0 Å². The van der Waals surface area contributed by atoms with Gasteiger partial charge in [-0.1, -0.05) is 0 Å². The van der Waals surface area contributed by atoms with E-state index < -0.39 is 0 Å². The lowest BCUT2D eigenvalue weighted by Crippen LogP contribution is -2.47. The molecule has 0 heterocycles. The summed E-state index contributed by atoms with van der Waals surface area (Å²) in [6.45, 7) is 0. The highest BCUT2D eigenvalue weighted by Gasteiger charge is 2.73. The molecule has 0 aromatic carbocycles. The van der Waals surface area contributed by atoms with Crippen molar-refractivity contribution in [1.82, 2.24) is 0 Å². The van der Waals surface area contributed by atoms with Crippen molar-refractivity contribution in [2.45, 2.75) is 25.7 Å². The van der Waals surface area contributed by atoms with Crippen molar-refractivity contribution >= 4 is 5.91 Å². The van der Waals surface area contributed by atoms with Crippen LogP contribution in [0.25, 0.3) is 0 Å². The number of hydrogen-bond acceptors (Lipinski definition) is 1. The van der Waals surface area contributed by atoms with E-state index in [4.69, 9.17) is 5.73 Å². The predicted molar refractivity (Wildman–Crippen MR) is 47.5 cm³/mol. The zero-order valence-corrected chi connectivity index (χ0v) is 7.70. The van der Waals surface area contributed by atoms with Crippen molar-refractivity contribution in [1.29, 1.82) is 0 Å². The molecule has 6 atom stereocenters. The van der Waals surface area contributed by atoms with Crippen molar-refractivity contribution in [2.24, 2.45) is 40.7 Å². The zero-order valence-electron chi connectivity index (χ0n) is 7.70. The molecule has 2 N–H and O–H groups in total. The second-order valence-electron chi connectivity index (χ2n) is 5.83. The first-order chi connectivity index (χ1) is 6.21. The summed E-state index contributed by atoms with van der Waals surface area (Å²) < 4.78 is 0. The summed E-state index contributed by atoms with van der Waals surface area (Å²) in [6.07, 6.45) is 4.83. The summed E-state index contributed by atoms with van der Waals surface area (Å²) in [5.74, 6) is 4.75. The van der Waals surface area contributed by atoms with Gasteiger partial charge in [0, 0.05) is 5.41 Å². The molecule has 0 radical (unpaired) electrons. The van der Waals surface area contributed by atoms with Gasteiger partial charge in [0.25, 0.3) is 0 Å². The van der Waals surface area contributed by atoms with Crippen LogP contribution in [-0.2, 0) is 4.79 Å². The maximum Gasteiger partial charge on any atom is 0.223 e. The van der Waals surface area contributed by atoms with Crippen molar-refractivity contribution in [2.75, 3.05) is 0 Å². The number of primary amides is 1.